The zero-order chi connectivity index (χ0) is 11.6. The largest absolute Gasteiger partial charge is 0.491 e. The van der Waals surface area contributed by atoms with Gasteiger partial charge in [-0.15, -0.1) is 6.58 Å². The average molecular weight is 220 g/mol. The first-order valence-electron chi connectivity index (χ1n) is 5.77. The summed E-state index contributed by atoms with van der Waals surface area (Å²) in [5, 5.41) is 0. The Bertz CT molecular complexity index is 307. The van der Waals surface area contributed by atoms with Crippen molar-refractivity contribution in [2.75, 3.05) is 19.8 Å². The normalized spacial score (nSPS) is 10.1. The Morgan fingerprint density at radius 1 is 1.25 bits per heavy atom. The molecule has 0 aliphatic heterocycles. The molecule has 0 fully saturated rings. The van der Waals surface area contributed by atoms with Crippen LogP contribution in [0.15, 0.2) is 36.9 Å². The summed E-state index contributed by atoms with van der Waals surface area (Å²) in [6.07, 6.45) is 3.82. The molecule has 16 heavy (non-hydrogen) atoms. The molecule has 0 N–H and O–H groups in total. The van der Waals surface area contributed by atoms with Gasteiger partial charge in [0.2, 0.25) is 0 Å². The third kappa shape index (κ3) is 4.99. The van der Waals surface area contributed by atoms with Crippen LogP contribution in [0.25, 0.3) is 0 Å². The maximum atomic E-state index is 5.58. The lowest BCUT2D eigenvalue weighted by molar-refractivity contribution is 0.101. The van der Waals surface area contributed by atoms with Gasteiger partial charge in [0.15, 0.2) is 0 Å². The van der Waals surface area contributed by atoms with Gasteiger partial charge in [-0.2, -0.15) is 0 Å². The van der Waals surface area contributed by atoms with E-state index >= 15 is 0 Å². The van der Waals surface area contributed by atoms with Crippen LogP contribution >= 0.6 is 0 Å². The fourth-order valence-electron chi connectivity index (χ4n) is 1.39. The highest BCUT2D eigenvalue weighted by Crippen LogP contribution is 2.13. The van der Waals surface area contributed by atoms with E-state index in [1.165, 1.54) is 5.56 Å². The van der Waals surface area contributed by atoms with Crippen LogP contribution in [0.1, 0.15) is 18.9 Å². The first kappa shape index (κ1) is 12.8. The van der Waals surface area contributed by atoms with Gasteiger partial charge in [0.25, 0.3) is 0 Å². The molecule has 0 atom stereocenters. The zero-order valence-electron chi connectivity index (χ0n) is 9.95. The van der Waals surface area contributed by atoms with E-state index in [-0.39, 0.29) is 0 Å². The molecule has 0 radical (unpaired) electrons. The Morgan fingerprint density at radius 2 is 2.12 bits per heavy atom. The second kappa shape index (κ2) is 7.94. The average Bonchev–Trinajstić information content (AvgIpc) is 2.30. The van der Waals surface area contributed by atoms with Gasteiger partial charge in [-0.1, -0.05) is 25.1 Å². The number of hydrogen-bond donors (Lipinski definition) is 0. The maximum absolute atomic E-state index is 5.58. The third-order valence-corrected chi connectivity index (χ3v) is 2.12. The summed E-state index contributed by atoms with van der Waals surface area (Å²) in [5.74, 6) is 0.902. The van der Waals surface area contributed by atoms with E-state index in [4.69, 9.17) is 9.47 Å². The molecule has 0 bridgehead atoms. The fraction of sp³-hybridized carbons (Fsp3) is 0.429. The Hall–Kier alpha value is -1.28. The van der Waals surface area contributed by atoms with Crippen LogP contribution in [0.4, 0.5) is 0 Å². The Labute approximate surface area is 97.9 Å². The highest BCUT2D eigenvalue weighted by molar-refractivity contribution is 5.29. The van der Waals surface area contributed by atoms with Crippen LogP contribution in [-0.4, -0.2) is 19.8 Å². The summed E-state index contributed by atoms with van der Waals surface area (Å²) in [6, 6.07) is 8.08. The molecule has 0 aliphatic carbocycles. The molecule has 1 rings (SSSR count). The van der Waals surface area contributed by atoms with E-state index in [9.17, 15) is 0 Å². The number of ether oxygens (including phenoxy) is 2. The van der Waals surface area contributed by atoms with Gasteiger partial charge < -0.3 is 9.47 Å². The van der Waals surface area contributed by atoms with Gasteiger partial charge in [0.1, 0.15) is 12.4 Å². The van der Waals surface area contributed by atoms with Crippen LogP contribution in [0, 0.1) is 0 Å². The van der Waals surface area contributed by atoms with Gasteiger partial charge in [-0.25, -0.2) is 0 Å². The lowest BCUT2D eigenvalue weighted by Crippen LogP contribution is -2.07. The van der Waals surface area contributed by atoms with Gasteiger partial charge in [0.05, 0.1) is 6.61 Å². The van der Waals surface area contributed by atoms with Crippen LogP contribution < -0.4 is 4.74 Å². The van der Waals surface area contributed by atoms with Crippen molar-refractivity contribution in [3.05, 3.63) is 42.5 Å². The van der Waals surface area contributed by atoms with E-state index in [0.717, 1.165) is 25.2 Å². The van der Waals surface area contributed by atoms with E-state index in [2.05, 4.69) is 19.6 Å². The lowest BCUT2D eigenvalue weighted by Gasteiger charge is -2.07. The second-order valence-corrected chi connectivity index (χ2v) is 3.60. The Kier molecular flexibility index (Phi) is 6.35. The number of hydrogen-bond acceptors (Lipinski definition) is 2. The smallest absolute Gasteiger partial charge is 0.119 e. The molecule has 0 saturated heterocycles. The van der Waals surface area contributed by atoms with Crippen molar-refractivity contribution in [3.63, 3.8) is 0 Å². The van der Waals surface area contributed by atoms with Crippen molar-refractivity contribution in [1.82, 2.24) is 0 Å². The Balaban J connectivity index is 2.30. The third-order valence-electron chi connectivity index (χ3n) is 2.12. The minimum absolute atomic E-state index is 0.609. The summed E-state index contributed by atoms with van der Waals surface area (Å²) in [7, 11) is 0. The molecule has 1 aromatic rings. The zero-order valence-corrected chi connectivity index (χ0v) is 9.95. The molecular formula is C14H20O2. The Morgan fingerprint density at radius 3 is 2.88 bits per heavy atom. The van der Waals surface area contributed by atoms with Crippen molar-refractivity contribution in [2.24, 2.45) is 0 Å². The minimum atomic E-state index is 0.609. The molecule has 2 heteroatoms. The standard InChI is InChI=1S/C14H20O2/c1-3-6-13-7-5-8-14(12-13)16-11-10-15-9-4-2/h3,5,7-8,12H,1,4,6,9-11H2,2H3. The number of rotatable bonds is 8. The van der Waals surface area contributed by atoms with Crippen molar-refractivity contribution >= 4 is 0 Å². The first-order valence-corrected chi connectivity index (χ1v) is 5.77. The highest BCUT2D eigenvalue weighted by atomic mass is 16.5. The lowest BCUT2D eigenvalue weighted by atomic mass is 10.1. The summed E-state index contributed by atoms with van der Waals surface area (Å²) < 4.78 is 10.9. The molecule has 0 unspecified atom stereocenters. The van der Waals surface area contributed by atoms with Crippen molar-refractivity contribution in [2.45, 2.75) is 19.8 Å². The number of allylic oxidation sites excluding steroid dienone is 1. The van der Waals surface area contributed by atoms with Crippen LogP contribution in [0.3, 0.4) is 0 Å². The predicted octanol–water partition coefficient (Wildman–Crippen LogP) is 3.22. The van der Waals surface area contributed by atoms with Gasteiger partial charge in [-0.05, 0) is 30.5 Å². The van der Waals surface area contributed by atoms with Gasteiger partial charge in [-0.3, -0.25) is 0 Å². The van der Waals surface area contributed by atoms with Gasteiger partial charge in [0, 0.05) is 6.61 Å². The fourth-order valence-corrected chi connectivity index (χ4v) is 1.39. The van der Waals surface area contributed by atoms with E-state index in [1.807, 2.05) is 24.3 Å². The molecule has 0 saturated carbocycles. The number of benzene rings is 1. The molecule has 88 valence electrons. The highest BCUT2D eigenvalue weighted by Gasteiger charge is 1.95. The molecule has 0 aliphatic rings. The topological polar surface area (TPSA) is 18.5 Å². The van der Waals surface area contributed by atoms with E-state index in [0.29, 0.717) is 13.2 Å². The molecule has 0 spiro atoms. The van der Waals surface area contributed by atoms with E-state index < -0.39 is 0 Å². The maximum Gasteiger partial charge on any atom is 0.119 e. The monoisotopic (exact) mass is 220 g/mol. The summed E-state index contributed by atoms with van der Waals surface area (Å²) in [5.41, 5.74) is 1.22. The molecule has 2 nitrogen and oxygen atoms in total. The molecular weight excluding hydrogens is 200 g/mol. The summed E-state index contributed by atoms with van der Waals surface area (Å²) >= 11 is 0. The summed E-state index contributed by atoms with van der Waals surface area (Å²) in [6.45, 7) is 7.88. The van der Waals surface area contributed by atoms with Crippen molar-refractivity contribution in [3.8, 4) is 5.75 Å². The van der Waals surface area contributed by atoms with Crippen LogP contribution in [0.2, 0.25) is 0 Å². The molecule has 1 aromatic carbocycles. The molecule has 0 amide bonds. The SMILES string of the molecule is C=CCc1cccc(OCCOCCC)c1. The van der Waals surface area contributed by atoms with Crippen molar-refractivity contribution < 1.29 is 9.47 Å². The second-order valence-electron chi connectivity index (χ2n) is 3.60. The van der Waals surface area contributed by atoms with E-state index in [1.54, 1.807) is 0 Å². The van der Waals surface area contributed by atoms with Crippen molar-refractivity contribution in [1.29, 1.82) is 0 Å². The van der Waals surface area contributed by atoms with Gasteiger partial charge >= 0.3 is 0 Å². The van der Waals surface area contributed by atoms with Crippen LogP contribution in [0.5, 0.6) is 5.75 Å². The molecule has 0 heterocycles. The first-order chi connectivity index (χ1) is 7.86. The predicted molar refractivity (Wildman–Crippen MR) is 66.9 cm³/mol. The van der Waals surface area contributed by atoms with Crippen LogP contribution in [-0.2, 0) is 11.2 Å². The molecule has 0 aromatic heterocycles. The quantitative estimate of drug-likeness (QED) is 0.494. The summed E-state index contributed by atoms with van der Waals surface area (Å²) in [4.78, 5) is 0. The minimum Gasteiger partial charge on any atom is -0.491 e.